The maximum atomic E-state index is 9.51. The van der Waals surface area contributed by atoms with Gasteiger partial charge in [0.2, 0.25) is 0 Å². The average molecular weight is 276 g/mol. The van der Waals surface area contributed by atoms with Gasteiger partial charge in [-0.05, 0) is 12.1 Å². The Morgan fingerprint density at radius 1 is 0.950 bits per heavy atom. The number of aliphatic hydroxyl groups is 1. The van der Waals surface area contributed by atoms with Gasteiger partial charge in [-0.15, -0.1) is 0 Å². The van der Waals surface area contributed by atoms with Gasteiger partial charge in [0.1, 0.15) is 23.0 Å². The van der Waals surface area contributed by atoms with Gasteiger partial charge >= 0.3 is 0 Å². The Labute approximate surface area is 116 Å². The van der Waals surface area contributed by atoms with E-state index in [1.165, 1.54) is 12.1 Å². The van der Waals surface area contributed by atoms with Crippen LogP contribution in [0.1, 0.15) is 18.1 Å². The number of aromatic hydroxyl groups is 3. The van der Waals surface area contributed by atoms with Crippen molar-refractivity contribution in [3.8, 4) is 23.0 Å². The highest BCUT2D eigenvalue weighted by Gasteiger charge is 2.23. The summed E-state index contributed by atoms with van der Waals surface area (Å²) in [6, 6.07) is 11.3. The van der Waals surface area contributed by atoms with E-state index in [0.29, 0.717) is 30.1 Å². The standard InChI is InChI=1S/C9H10O4.C6H6O/c10-5-3-7(12)9-6(11)1-2-13-8(9)4-5;7-6-4-2-1-3-5-6/h3-4,6,10-12H,1-2H2;1-5,7H. The largest absolute Gasteiger partial charge is 0.508 e. The molecule has 1 heterocycles. The third-order valence-electron chi connectivity index (χ3n) is 2.84. The van der Waals surface area contributed by atoms with E-state index >= 15 is 0 Å². The van der Waals surface area contributed by atoms with Gasteiger partial charge in [0.05, 0.1) is 18.3 Å². The van der Waals surface area contributed by atoms with Crippen LogP contribution in [-0.2, 0) is 0 Å². The fraction of sp³-hybridized carbons (Fsp3) is 0.200. The second-order valence-corrected chi connectivity index (χ2v) is 4.37. The molecule has 2 aromatic rings. The summed E-state index contributed by atoms with van der Waals surface area (Å²) in [4.78, 5) is 0. The van der Waals surface area contributed by atoms with Crippen molar-refractivity contribution >= 4 is 0 Å². The molecule has 0 spiro atoms. The van der Waals surface area contributed by atoms with E-state index in [-0.39, 0.29) is 11.5 Å². The van der Waals surface area contributed by atoms with Crippen molar-refractivity contribution < 1.29 is 25.2 Å². The molecule has 0 amide bonds. The molecule has 2 aromatic carbocycles. The zero-order chi connectivity index (χ0) is 14.5. The van der Waals surface area contributed by atoms with Crippen molar-refractivity contribution in [3.05, 3.63) is 48.0 Å². The molecule has 5 heteroatoms. The van der Waals surface area contributed by atoms with E-state index in [2.05, 4.69) is 0 Å². The lowest BCUT2D eigenvalue weighted by atomic mass is 10.0. The lowest BCUT2D eigenvalue weighted by Gasteiger charge is -2.22. The van der Waals surface area contributed by atoms with E-state index in [0.717, 1.165) is 0 Å². The Bertz CT molecular complexity index is 568. The van der Waals surface area contributed by atoms with Crippen LogP contribution in [0.2, 0.25) is 0 Å². The van der Waals surface area contributed by atoms with Gasteiger partial charge in [-0.2, -0.15) is 0 Å². The highest BCUT2D eigenvalue weighted by atomic mass is 16.5. The molecule has 20 heavy (non-hydrogen) atoms. The summed E-state index contributed by atoms with van der Waals surface area (Å²) in [5.74, 6) is 0.492. The van der Waals surface area contributed by atoms with Crippen molar-refractivity contribution in [1.29, 1.82) is 0 Å². The average Bonchev–Trinajstić information content (AvgIpc) is 2.39. The summed E-state index contributed by atoms with van der Waals surface area (Å²) >= 11 is 0. The SMILES string of the molecule is Oc1cc(O)c2c(c1)OCCC2O.Oc1ccccc1. The quantitative estimate of drug-likeness (QED) is 0.593. The van der Waals surface area contributed by atoms with E-state index in [1.54, 1.807) is 24.3 Å². The number of phenolic OH excluding ortho intramolecular Hbond substituents is 3. The summed E-state index contributed by atoms with van der Waals surface area (Å²) in [5.41, 5.74) is 0.365. The third-order valence-corrected chi connectivity index (χ3v) is 2.84. The molecule has 0 bridgehead atoms. The summed E-state index contributed by atoms with van der Waals surface area (Å²) in [5, 5.41) is 36.7. The molecule has 1 atom stereocenters. The smallest absolute Gasteiger partial charge is 0.132 e. The van der Waals surface area contributed by atoms with Crippen molar-refractivity contribution in [2.75, 3.05) is 6.61 Å². The van der Waals surface area contributed by atoms with Gasteiger partial charge in [0, 0.05) is 18.6 Å². The normalized spacial score (nSPS) is 16.4. The lowest BCUT2D eigenvalue weighted by Crippen LogP contribution is -2.13. The van der Waals surface area contributed by atoms with E-state index in [9.17, 15) is 10.2 Å². The van der Waals surface area contributed by atoms with Gasteiger partial charge in [0.15, 0.2) is 0 Å². The molecular formula is C15H16O5. The number of para-hydroxylation sites is 1. The zero-order valence-corrected chi connectivity index (χ0v) is 10.7. The molecule has 1 unspecified atom stereocenters. The molecule has 0 saturated carbocycles. The van der Waals surface area contributed by atoms with Crippen LogP contribution in [0.4, 0.5) is 0 Å². The molecule has 1 aliphatic heterocycles. The fourth-order valence-corrected chi connectivity index (χ4v) is 1.90. The minimum atomic E-state index is -0.704. The van der Waals surface area contributed by atoms with Gasteiger partial charge in [-0.25, -0.2) is 0 Å². The number of aliphatic hydroxyl groups excluding tert-OH is 1. The molecule has 0 fully saturated rings. The summed E-state index contributed by atoms with van der Waals surface area (Å²) in [6.07, 6.45) is -0.241. The maximum absolute atomic E-state index is 9.51. The fourth-order valence-electron chi connectivity index (χ4n) is 1.90. The van der Waals surface area contributed by atoms with Crippen LogP contribution < -0.4 is 4.74 Å². The van der Waals surface area contributed by atoms with E-state index in [1.807, 2.05) is 6.07 Å². The minimum Gasteiger partial charge on any atom is -0.508 e. The molecular weight excluding hydrogens is 260 g/mol. The second-order valence-electron chi connectivity index (χ2n) is 4.37. The monoisotopic (exact) mass is 276 g/mol. The van der Waals surface area contributed by atoms with Crippen LogP contribution in [-0.4, -0.2) is 27.0 Å². The van der Waals surface area contributed by atoms with Crippen molar-refractivity contribution in [3.63, 3.8) is 0 Å². The van der Waals surface area contributed by atoms with E-state index < -0.39 is 6.10 Å². The Balaban J connectivity index is 0.000000178. The van der Waals surface area contributed by atoms with Crippen molar-refractivity contribution in [2.45, 2.75) is 12.5 Å². The first-order valence-electron chi connectivity index (χ1n) is 6.18. The number of hydrogen-bond donors (Lipinski definition) is 4. The number of ether oxygens (including phenoxy) is 1. The molecule has 0 saturated heterocycles. The molecule has 0 aromatic heterocycles. The number of hydrogen-bond acceptors (Lipinski definition) is 5. The third kappa shape index (κ3) is 3.33. The summed E-state index contributed by atoms with van der Waals surface area (Å²) in [7, 11) is 0. The van der Waals surface area contributed by atoms with Crippen molar-refractivity contribution in [1.82, 2.24) is 0 Å². The number of phenols is 3. The minimum absolute atomic E-state index is 0.0645. The zero-order valence-electron chi connectivity index (χ0n) is 10.7. The molecule has 0 radical (unpaired) electrons. The van der Waals surface area contributed by atoms with E-state index in [4.69, 9.17) is 14.9 Å². The highest BCUT2D eigenvalue weighted by Crippen LogP contribution is 2.40. The molecule has 3 rings (SSSR count). The summed E-state index contributed by atoms with van der Waals surface area (Å²) in [6.45, 7) is 0.400. The first kappa shape index (κ1) is 14.0. The number of rotatable bonds is 0. The molecule has 4 N–H and O–H groups in total. The Morgan fingerprint density at radius 2 is 1.65 bits per heavy atom. The van der Waals surface area contributed by atoms with Crippen LogP contribution >= 0.6 is 0 Å². The molecule has 106 valence electrons. The van der Waals surface area contributed by atoms with Crippen LogP contribution in [0.3, 0.4) is 0 Å². The van der Waals surface area contributed by atoms with Crippen LogP contribution in [0.15, 0.2) is 42.5 Å². The molecule has 1 aliphatic rings. The Hall–Kier alpha value is -2.40. The Morgan fingerprint density at radius 3 is 2.25 bits per heavy atom. The molecule has 5 nitrogen and oxygen atoms in total. The topological polar surface area (TPSA) is 90.2 Å². The Kier molecular flexibility index (Phi) is 4.32. The van der Waals surface area contributed by atoms with Gasteiger partial charge in [0.25, 0.3) is 0 Å². The predicted molar refractivity (Wildman–Crippen MR) is 73.0 cm³/mol. The number of fused-ring (bicyclic) bond motifs is 1. The summed E-state index contributed by atoms with van der Waals surface area (Å²) < 4.78 is 5.18. The van der Waals surface area contributed by atoms with Crippen LogP contribution in [0, 0.1) is 0 Å². The second kappa shape index (κ2) is 6.16. The van der Waals surface area contributed by atoms with Gasteiger partial charge in [-0.3, -0.25) is 0 Å². The van der Waals surface area contributed by atoms with Gasteiger partial charge < -0.3 is 25.2 Å². The van der Waals surface area contributed by atoms with Crippen molar-refractivity contribution in [2.24, 2.45) is 0 Å². The van der Waals surface area contributed by atoms with Gasteiger partial charge in [-0.1, -0.05) is 18.2 Å². The first-order valence-corrected chi connectivity index (χ1v) is 6.18. The van der Waals surface area contributed by atoms with Crippen LogP contribution in [0.5, 0.6) is 23.0 Å². The first-order chi connectivity index (χ1) is 9.58. The predicted octanol–water partition coefficient (Wildman–Crippen LogP) is 2.31. The van der Waals surface area contributed by atoms with Crippen LogP contribution in [0.25, 0.3) is 0 Å². The number of benzene rings is 2. The lowest BCUT2D eigenvalue weighted by molar-refractivity contribution is 0.112. The highest BCUT2D eigenvalue weighted by molar-refractivity contribution is 5.51. The molecule has 0 aliphatic carbocycles. The maximum Gasteiger partial charge on any atom is 0.132 e.